The maximum absolute atomic E-state index is 11.0. The van der Waals surface area contributed by atoms with Crippen molar-refractivity contribution in [3.63, 3.8) is 0 Å². The van der Waals surface area contributed by atoms with Crippen molar-refractivity contribution >= 4 is 27.5 Å². The lowest BCUT2D eigenvalue weighted by Crippen LogP contribution is -2.14. The zero-order valence-electron chi connectivity index (χ0n) is 7.09. The van der Waals surface area contributed by atoms with Gasteiger partial charge >= 0.3 is 0 Å². The maximum atomic E-state index is 11.0. The second-order valence-corrected chi connectivity index (χ2v) is 3.32. The minimum absolute atomic E-state index is 0.405. The van der Waals surface area contributed by atoms with Crippen LogP contribution in [0.2, 0.25) is 0 Å². The van der Waals surface area contributed by atoms with Gasteiger partial charge in [0, 0.05) is 17.6 Å². The standard InChI is InChI=1S/C9H11BrN2O/c10-5-6-12-8-4-2-1-3-7(8)9(11)13/h1-4,12H,5-6H2,(H2,11,13). The van der Waals surface area contributed by atoms with E-state index >= 15 is 0 Å². The van der Waals surface area contributed by atoms with Crippen LogP contribution in [0.15, 0.2) is 24.3 Å². The molecular weight excluding hydrogens is 232 g/mol. The Morgan fingerprint density at radius 1 is 1.46 bits per heavy atom. The van der Waals surface area contributed by atoms with E-state index < -0.39 is 5.91 Å². The Bertz CT molecular complexity index is 301. The molecular formula is C9H11BrN2O. The molecule has 1 aromatic carbocycles. The summed E-state index contributed by atoms with van der Waals surface area (Å²) in [4.78, 5) is 11.0. The molecule has 0 aliphatic heterocycles. The maximum Gasteiger partial charge on any atom is 0.250 e. The highest BCUT2D eigenvalue weighted by molar-refractivity contribution is 9.09. The first-order chi connectivity index (χ1) is 6.25. The third-order valence-corrected chi connectivity index (χ3v) is 2.00. The normalized spacial score (nSPS) is 9.62. The molecule has 0 heterocycles. The molecule has 13 heavy (non-hydrogen) atoms. The van der Waals surface area contributed by atoms with Gasteiger partial charge < -0.3 is 11.1 Å². The number of benzene rings is 1. The van der Waals surface area contributed by atoms with Gasteiger partial charge in [-0.05, 0) is 12.1 Å². The van der Waals surface area contributed by atoms with Crippen LogP contribution in [0.1, 0.15) is 10.4 Å². The van der Waals surface area contributed by atoms with Crippen LogP contribution in [0, 0.1) is 0 Å². The lowest BCUT2D eigenvalue weighted by molar-refractivity contribution is 0.100. The van der Waals surface area contributed by atoms with Gasteiger partial charge in [0.2, 0.25) is 0 Å². The topological polar surface area (TPSA) is 55.1 Å². The first-order valence-corrected chi connectivity index (χ1v) is 5.06. The van der Waals surface area contributed by atoms with Crippen LogP contribution < -0.4 is 11.1 Å². The van der Waals surface area contributed by atoms with E-state index in [1.54, 1.807) is 12.1 Å². The molecule has 3 nitrogen and oxygen atoms in total. The van der Waals surface area contributed by atoms with Crippen molar-refractivity contribution in [1.29, 1.82) is 0 Å². The molecule has 0 unspecified atom stereocenters. The molecule has 1 aromatic rings. The summed E-state index contributed by atoms with van der Waals surface area (Å²) in [6.45, 7) is 0.768. The van der Waals surface area contributed by atoms with Gasteiger partial charge in [0.05, 0.1) is 5.56 Å². The molecule has 0 bridgehead atoms. The van der Waals surface area contributed by atoms with E-state index in [-0.39, 0.29) is 0 Å². The van der Waals surface area contributed by atoms with Crippen LogP contribution in [-0.2, 0) is 0 Å². The van der Waals surface area contributed by atoms with E-state index in [2.05, 4.69) is 21.2 Å². The van der Waals surface area contributed by atoms with E-state index in [9.17, 15) is 4.79 Å². The number of primary amides is 1. The van der Waals surface area contributed by atoms with Crippen LogP contribution in [0.25, 0.3) is 0 Å². The molecule has 0 spiro atoms. The fraction of sp³-hybridized carbons (Fsp3) is 0.222. The molecule has 0 fully saturated rings. The molecule has 70 valence electrons. The lowest BCUT2D eigenvalue weighted by Gasteiger charge is -2.07. The second kappa shape index (κ2) is 4.87. The largest absolute Gasteiger partial charge is 0.384 e. The van der Waals surface area contributed by atoms with Gasteiger partial charge in [0.1, 0.15) is 0 Å². The van der Waals surface area contributed by atoms with Gasteiger partial charge in [-0.2, -0.15) is 0 Å². The predicted octanol–water partition coefficient (Wildman–Crippen LogP) is 1.59. The zero-order chi connectivity index (χ0) is 9.68. The summed E-state index contributed by atoms with van der Waals surface area (Å²) in [7, 11) is 0. The van der Waals surface area contributed by atoms with Crippen LogP contribution in [-0.4, -0.2) is 17.8 Å². The zero-order valence-corrected chi connectivity index (χ0v) is 8.67. The smallest absolute Gasteiger partial charge is 0.250 e. The second-order valence-electron chi connectivity index (χ2n) is 2.53. The highest BCUT2D eigenvalue weighted by atomic mass is 79.9. The number of nitrogens with one attached hydrogen (secondary N) is 1. The lowest BCUT2D eigenvalue weighted by atomic mass is 10.1. The summed E-state index contributed by atoms with van der Waals surface area (Å²) in [6, 6.07) is 7.20. The number of anilines is 1. The van der Waals surface area contributed by atoms with Crippen molar-refractivity contribution < 1.29 is 4.79 Å². The highest BCUT2D eigenvalue weighted by Crippen LogP contribution is 2.13. The summed E-state index contributed by atoms with van der Waals surface area (Å²) in [5.74, 6) is -0.405. The Labute approximate surface area is 85.4 Å². The summed E-state index contributed by atoms with van der Waals surface area (Å²) < 4.78 is 0. The molecule has 1 rings (SSSR count). The van der Waals surface area contributed by atoms with Crippen molar-refractivity contribution in [2.45, 2.75) is 0 Å². The van der Waals surface area contributed by atoms with Crippen molar-refractivity contribution in [3.05, 3.63) is 29.8 Å². The predicted molar refractivity (Wildman–Crippen MR) is 57.2 cm³/mol. The Balaban J connectivity index is 2.84. The molecule has 0 saturated heterocycles. The molecule has 1 amide bonds. The number of alkyl halides is 1. The summed E-state index contributed by atoms with van der Waals surface area (Å²) in [5.41, 5.74) is 6.51. The number of nitrogens with two attached hydrogens (primary N) is 1. The van der Waals surface area contributed by atoms with Gasteiger partial charge in [-0.1, -0.05) is 28.1 Å². The Kier molecular flexibility index (Phi) is 3.76. The number of amides is 1. The molecule has 0 aliphatic carbocycles. The monoisotopic (exact) mass is 242 g/mol. The summed E-state index contributed by atoms with van der Waals surface area (Å²) in [6.07, 6.45) is 0. The minimum atomic E-state index is -0.405. The van der Waals surface area contributed by atoms with Crippen molar-refractivity contribution in [2.75, 3.05) is 17.2 Å². The number of carbonyl (C=O) groups is 1. The first kappa shape index (κ1) is 10.1. The average Bonchev–Trinajstić information content (AvgIpc) is 2.15. The number of halogens is 1. The van der Waals surface area contributed by atoms with Gasteiger partial charge in [-0.3, -0.25) is 4.79 Å². The van der Waals surface area contributed by atoms with Gasteiger partial charge in [-0.15, -0.1) is 0 Å². The SMILES string of the molecule is NC(=O)c1ccccc1NCCBr. The first-order valence-electron chi connectivity index (χ1n) is 3.94. The van der Waals surface area contributed by atoms with Crippen molar-refractivity contribution in [3.8, 4) is 0 Å². The third kappa shape index (κ3) is 2.73. The van der Waals surface area contributed by atoms with Crippen molar-refractivity contribution in [1.82, 2.24) is 0 Å². The number of hydrogen-bond acceptors (Lipinski definition) is 2. The van der Waals surface area contributed by atoms with Crippen molar-refractivity contribution in [2.24, 2.45) is 5.73 Å². The van der Waals surface area contributed by atoms with E-state index in [0.29, 0.717) is 5.56 Å². The Morgan fingerprint density at radius 3 is 2.77 bits per heavy atom. The Morgan fingerprint density at radius 2 is 2.15 bits per heavy atom. The van der Waals surface area contributed by atoms with E-state index in [4.69, 9.17) is 5.73 Å². The third-order valence-electron chi connectivity index (χ3n) is 1.60. The van der Waals surface area contributed by atoms with Gasteiger partial charge in [-0.25, -0.2) is 0 Å². The van der Waals surface area contributed by atoms with Crippen LogP contribution in [0.4, 0.5) is 5.69 Å². The molecule has 0 atom stereocenters. The van der Waals surface area contributed by atoms with E-state index in [0.717, 1.165) is 17.6 Å². The van der Waals surface area contributed by atoms with Gasteiger partial charge in [0.15, 0.2) is 0 Å². The average molecular weight is 243 g/mol. The molecule has 0 aromatic heterocycles. The quantitative estimate of drug-likeness (QED) is 0.789. The molecule has 0 aliphatic rings. The number of para-hydroxylation sites is 1. The highest BCUT2D eigenvalue weighted by Gasteiger charge is 2.05. The molecule has 0 saturated carbocycles. The van der Waals surface area contributed by atoms with E-state index in [1.807, 2.05) is 12.1 Å². The van der Waals surface area contributed by atoms with Gasteiger partial charge in [0.25, 0.3) is 5.91 Å². The summed E-state index contributed by atoms with van der Waals surface area (Å²) in [5, 5.41) is 3.93. The van der Waals surface area contributed by atoms with Crippen LogP contribution in [0.5, 0.6) is 0 Å². The fourth-order valence-electron chi connectivity index (χ4n) is 1.03. The molecule has 3 N–H and O–H groups in total. The number of rotatable bonds is 4. The van der Waals surface area contributed by atoms with Crippen LogP contribution >= 0.6 is 15.9 Å². The molecule has 0 radical (unpaired) electrons. The summed E-state index contributed by atoms with van der Waals surface area (Å²) >= 11 is 3.29. The Hall–Kier alpha value is -1.03. The number of hydrogen-bond donors (Lipinski definition) is 2. The van der Waals surface area contributed by atoms with E-state index in [1.165, 1.54) is 0 Å². The number of carbonyl (C=O) groups excluding carboxylic acids is 1. The minimum Gasteiger partial charge on any atom is -0.384 e. The molecule has 4 heteroatoms. The fourth-order valence-corrected chi connectivity index (χ4v) is 1.23. The van der Waals surface area contributed by atoms with Crippen LogP contribution in [0.3, 0.4) is 0 Å².